The molecule has 0 fully saturated rings. The number of methoxy groups -OCH3 is 1. The number of hydrogen-bond acceptors (Lipinski definition) is 3. The summed E-state index contributed by atoms with van der Waals surface area (Å²) in [4.78, 5) is 6.98. The van der Waals surface area contributed by atoms with Crippen LogP contribution in [0.1, 0.15) is 18.3 Å². The van der Waals surface area contributed by atoms with E-state index in [0.717, 1.165) is 11.3 Å². The molecule has 0 amide bonds. The largest absolute Gasteiger partial charge is 0.497 e. The highest BCUT2D eigenvalue weighted by molar-refractivity contribution is 5.33. The van der Waals surface area contributed by atoms with E-state index in [0.29, 0.717) is 5.82 Å². The van der Waals surface area contributed by atoms with Gasteiger partial charge >= 0.3 is 0 Å². The minimum absolute atomic E-state index is 0.526. The van der Waals surface area contributed by atoms with Gasteiger partial charge in [-0.3, -0.25) is 0 Å². The van der Waals surface area contributed by atoms with Crippen LogP contribution in [0, 0.1) is 0 Å². The normalized spacial score (nSPS) is 14.4. The third-order valence-corrected chi connectivity index (χ3v) is 2.61. The van der Waals surface area contributed by atoms with Gasteiger partial charge in [-0.15, -0.1) is 0 Å². The Labute approximate surface area is 93.9 Å². The van der Waals surface area contributed by atoms with Crippen molar-refractivity contribution in [3.63, 3.8) is 0 Å². The number of nitrogens with one attached hydrogen (secondary N) is 1. The predicted octanol–water partition coefficient (Wildman–Crippen LogP) is 1.67. The number of nitrogens with zero attached hydrogens (tertiary/aromatic N) is 1. The molecule has 1 aromatic carbocycles. The van der Waals surface area contributed by atoms with E-state index in [9.17, 15) is 5.11 Å². The summed E-state index contributed by atoms with van der Waals surface area (Å²) >= 11 is 0. The zero-order valence-electron chi connectivity index (χ0n) is 9.27. The molecular weight excluding hydrogens is 204 g/mol. The summed E-state index contributed by atoms with van der Waals surface area (Å²) in [5, 5.41) is 10.4. The number of aliphatic hydroxyl groups is 1. The average molecular weight is 218 g/mol. The Morgan fingerprint density at radius 1 is 1.31 bits per heavy atom. The number of imidazole rings is 1. The van der Waals surface area contributed by atoms with Crippen molar-refractivity contribution in [2.75, 3.05) is 7.11 Å². The first-order chi connectivity index (χ1) is 7.64. The molecule has 0 saturated heterocycles. The molecule has 0 aliphatic carbocycles. The summed E-state index contributed by atoms with van der Waals surface area (Å²) in [5.41, 5.74) is -0.348. The molecule has 0 aliphatic heterocycles. The van der Waals surface area contributed by atoms with Crippen molar-refractivity contribution in [3.05, 3.63) is 48.0 Å². The third kappa shape index (κ3) is 1.79. The molecule has 1 atom stereocenters. The molecule has 0 unspecified atom stereocenters. The summed E-state index contributed by atoms with van der Waals surface area (Å²) in [6.45, 7) is 1.70. The van der Waals surface area contributed by atoms with E-state index >= 15 is 0 Å². The van der Waals surface area contributed by atoms with Crippen molar-refractivity contribution in [2.45, 2.75) is 12.5 Å². The molecule has 0 saturated carbocycles. The van der Waals surface area contributed by atoms with Gasteiger partial charge in [0.05, 0.1) is 7.11 Å². The van der Waals surface area contributed by atoms with Crippen LogP contribution in [0.4, 0.5) is 0 Å². The number of ether oxygens (including phenoxy) is 1. The lowest BCUT2D eigenvalue weighted by Gasteiger charge is -2.21. The summed E-state index contributed by atoms with van der Waals surface area (Å²) in [6, 6.07) is 7.27. The molecule has 84 valence electrons. The second kappa shape index (κ2) is 3.98. The van der Waals surface area contributed by atoms with Crippen LogP contribution < -0.4 is 4.74 Å². The fourth-order valence-corrected chi connectivity index (χ4v) is 1.58. The van der Waals surface area contributed by atoms with Crippen molar-refractivity contribution in [1.82, 2.24) is 9.97 Å². The van der Waals surface area contributed by atoms with E-state index in [4.69, 9.17) is 4.74 Å². The third-order valence-electron chi connectivity index (χ3n) is 2.61. The van der Waals surface area contributed by atoms with Crippen molar-refractivity contribution >= 4 is 0 Å². The van der Waals surface area contributed by atoms with Crippen LogP contribution in [0.25, 0.3) is 0 Å². The number of aromatic amines is 1. The van der Waals surface area contributed by atoms with Crippen LogP contribution >= 0.6 is 0 Å². The van der Waals surface area contributed by atoms with Crippen molar-refractivity contribution < 1.29 is 9.84 Å². The van der Waals surface area contributed by atoms with Crippen LogP contribution in [0.2, 0.25) is 0 Å². The minimum atomic E-state index is -1.12. The molecule has 0 spiro atoms. The van der Waals surface area contributed by atoms with Gasteiger partial charge in [0, 0.05) is 12.4 Å². The van der Waals surface area contributed by atoms with Crippen LogP contribution in [-0.4, -0.2) is 22.2 Å². The standard InChI is InChI=1S/C12H14N2O2/c1-12(15,11-13-7-8-14-11)9-3-5-10(16-2)6-4-9/h3-8,15H,1-2H3,(H,13,14)/t12-/m0/s1. The molecule has 2 rings (SSSR count). The van der Waals surface area contributed by atoms with Crippen LogP contribution in [-0.2, 0) is 5.60 Å². The second-order valence-corrected chi connectivity index (χ2v) is 3.74. The van der Waals surface area contributed by atoms with E-state index in [1.807, 2.05) is 24.3 Å². The van der Waals surface area contributed by atoms with Crippen molar-refractivity contribution in [1.29, 1.82) is 0 Å². The van der Waals surface area contributed by atoms with E-state index in [1.165, 1.54) is 0 Å². The average Bonchev–Trinajstić information content (AvgIpc) is 2.83. The highest BCUT2D eigenvalue weighted by Crippen LogP contribution is 2.27. The Hall–Kier alpha value is -1.81. The summed E-state index contributed by atoms with van der Waals surface area (Å²) in [6.07, 6.45) is 3.31. The number of hydrogen-bond donors (Lipinski definition) is 2. The molecule has 4 nitrogen and oxygen atoms in total. The zero-order chi connectivity index (χ0) is 11.6. The van der Waals surface area contributed by atoms with E-state index < -0.39 is 5.60 Å². The highest BCUT2D eigenvalue weighted by atomic mass is 16.5. The van der Waals surface area contributed by atoms with Gasteiger partial charge in [-0.05, 0) is 24.6 Å². The van der Waals surface area contributed by atoms with Crippen molar-refractivity contribution in [3.8, 4) is 5.75 Å². The molecule has 0 bridgehead atoms. The summed E-state index contributed by atoms with van der Waals surface area (Å²) in [7, 11) is 1.61. The van der Waals surface area contributed by atoms with Gasteiger partial charge in [-0.2, -0.15) is 0 Å². The fourth-order valence-electron chi connectivity index (χ4n) is 1.58. The Morgan fingerprint density at radius 2 is 2.00 bits per heavy atom. The molecule has 0 radical (unpaired) electrons. The first kappa shape index (κ1) is 10.7. The summed E-state index contributed by atoms with van der Waals surface area (Å²) in [5.74, 6) is 1.29. The molecule has 4 heteroatoms. The van der Waals surface area contributed by atoms with Gasteiger partial charge in [0.25, 0.3) is 0 Å². The summed E-state index contributed by atoms with van der Waals surface area (Å²) < 4.78 is 5.07. The van der Waals surface area contributed by atoms with Gasteiger partial charge in [0.1, 0.15) is 17.2 Å². The van der Waals surface area contributed by atoms with E-state index in [-0.39, 0.29) is 0 Å². The Morgan fingerprint density at radius 3 is 2.50 bits per heavy atom. The SMILES string of the molecule is COc1ccc([C@](C)(O)c2ncc[nH]2)cc1. The Balaban J connectivity index is 2.35. The molecule has 0 aliphatic rings. The molecule has 1 heterocycles. The minimum Gasteiger partial charge on any atom is -0.497 e. The Kier molecular flexibility index (Phi) is 2.66. The van der Waals surface area contributed by atoms with Crippen LogP contribution in [0.5, 0.6) is 5.75 Å². The van der Waals surface area contributed by atoms with Gasteiger partial charge < -0.3 is 14.8 Å². The lowest BCUT2D eigenvalue weighted by Crippen LogP contribution is -2.24. The topological polar surface area (TPSA) is 58.1 Å². The van der Waals surface area contributed by atoms with Gasteiger partial charge in [0.15, 0.2) is 0 Å². The molecule has 16 heavy (non-hydrogen) atoms. The number of rotatable bonds is 3. The van der Waals surface area contributed by atoms with Crippen LogP contribution in [0.15, 0.2) is 36.7 Å². The maximum Gasteiger partial charge on any atom is 0.144 e. The highest BCUT2D eigenvalue weighted by Gasteiger charge is 2.27. The lowest BCUT2D eigenvalue weighted by molar-refractivity contribution is 0.0931. The first-order valence-electron chi connectivity index (χ1n) is 5.01. The first-order valence-corrected chi connectivity index (χ1v) is 5.01. The fraction of sp³-hybridized carbons (Fsp3) is 0.250. The maximum absolute atomic E-state index is 10.4. The van der Waals surface area contributed by atoms with Gasteiger partial charge in [-0.25, -0.2) is 4.98 Å². The molecule has 2 aromatic rings. The quantitative estimate of drug-likeness (QED) is 0.824. The molecule has 1 aromatic heterocycles. The van der Waals surface area contributed by atoms with Gasteiger partial charge in [0.2, 0.25) is 0 Å². The Bertz CT molecular complexity index is 446. The second-order valence-electron chi connectivity index (χ2n) is 3.74. The number of aromatic nitrogens is 2. The monoisotopic (exact) mass is 218 g/mol. The maximum atomic E-state index is 10.4. The smallest absolute Gasteiger partial charge is 0.144 e. The number of H-pyrrole nitrogens is 1. The van der Waals surface area contributed by atoms with Gasteiger partial charge in [-0.1, -0.05) is 12.1 Å². The van der Waals surface area contributed by atoms with E-state index in [2.05, 4.69) is 9.97 Å². The lowest BCUT2D eigenvalue weighted by atomic mass is 9.95. The zero-order valence-corrected chi connectivity index (χ0v) is 9.27. The van der Waals surface area contributed by atoms with E-state index in [1.54, 1.807) is 26.4 Å². The molecule has 2 N–H and O–H groups in total. The van der Waals surface area contributed by atoms with Crippen LogP contribution in [0.3, 0.4) is 0 Å². The number of benzene rings is 1. The molecular formula is C12H14N2O2. The van der Waals surface area contributed by atoms with Crippen molar-refractivity contribution in [2.24, 2.45) is 0 Å². The predicted molar refractivity (Wildman–Crippen MR) is 60.3 cm³/mol.